The molecule has 1 aliphatic rings. The van der Waals surface area contributed by atoms with Crippen molar-refractivity contribution in [1.29, 1.82) is 0 Å². The van der Waals surface area contributed by atoms with Crippen molar-refractivity contribution in [2.75, 3.05) is 13.1 Å². The standard InChI is InChI=1S/C16H18N4O3/c21-15(19-7-5-12(6-8-19)16(22)23)14-4-2-1-3-13(14)9-20-11-17-10-18-20/h1-4,10-12H,5-9H2,(H,22,23). The van der Waals surface area contributed by atoms with Crippen LogP contribution in [0.1, 0.15) is 28.8 Å². The number of carbonyl (C=O) groups excluding carboxylic acids is 1. The molecular formula is C16H18N4O3. The Hall–Kier alpha value is -2.70. The van der Waals surface area contributed by atoms with E-state index in [1.54, 1.807) is 22.0 Å². The minimum atomic E-state index is -0.774. The van der Waals surface area contributed by atoms with E-state index in [9.17, 15) is 9.59 Å². The van der Waals surface area contributed by atoms with E-state index < -0.39 is 5.97 Å². The van der Waals surface area contributed by atoms with E-state index in [1.165, 1.54) is 6.33 Å². The van der Waals surface area contributed by atoms with E-state index in [4.69, 9.17) is 5.11 Å². The minimum absolute atomic E-state index is 0.0513. The number of hydrogen-bond acceptors (Lipinski definition) is 4. The Morgan fingerprint density at radius 1 is 1.22 bits per heavy atom. The number of likely N-dealkylation sites (tertiary alicyclic amines) is 1. The molecule has 1 amide bonds. The topological polar surface area (TPSA) is 88.3 Å². The van der Waals surface area contributed by atoms with E-state index in [2.05, 4.69) is 10.1 Å². The zero-order chi connectivity index (χ0) is 16.2. The van der Waals surface area contributed by atoms with Crippen LogP contribution < -0.4 is 0 Å². The lowest BCUT2D eigenvalue weighted by molar-refractivity contribution is -0.143. The van der Waals surface area contributed by atoms with Gasteiger partial charge in [-0.1, -0.05) is 18.2 Å². The molecule has 2 aromatic rings. The van der Waals surface area contributed by atoms with Gasteiger partial charge in [0.2, 0.25) is 0 Å². The summed E-state index contributed by atoms with van der Waals surface area (Å²) < 4.78 is 1.67. The Bertz CT molecular complexity index is 691. The summed E-state index contributed by atoms with van der Waals surface area (Å²) in [5.74, 6) is -1.17. The summed E-state index contributed by atoms with van der Waals surface area (Å²) in [6, 6.07) is 7.43. The maximum atomic E-state index is 12.8. The number of carboxylic acids is 1. The number of carbonyl (C=O) groups is 2. The van der Waals surface area contributed by atoms with Crippen molar-refractivity contribution in [2.45, 2.75) is 19.4 Å². The summed E-state index contributed by atoms with van der Waals surface area (Å²) in [7, 11) is 0. The second-order valence-corrected chi connectivity index (χ2v) is 5.65. The second kappa shape index (κ2) is 6.60. The smallest absolute Gasteiger partial charge is 0.306 e. The van der Waals surface area contributed by atoms with Gasteiger partial charge in [-0.15, -0.1) is 0 Å². The fraction of sp³-hybridized carbons (Fsp3) is 0.375. The number of aliphatic carboxylic acids is 1. The van der Waals surface area contributed by atoms with Crippen LogP contribution in [0.4, 0.5) is 0 Å². The molecule has 0 saturated carbocycles. The Labute approximate surface area is 133 Å². The molecule has 23 heavy (non-hydrogen) atoms. The summed E-state index contributed by atoms with van der Waals surface area (Å²) in [5.41, 5.74) is 1.51. The van der Waals surface area contributed by atoms with Crippen LogP contribution in [-0.4, -0.2) is 49.7 Å². The molecule has 7 nitrogen and oxygen atoms in total. The molecule has 1 saturated heterocycles. The Balaban J connectivity index is 1.74. The number of hydrogen-bond donors (Lipinski definition) is 1. The van der Waals surface area contributed by atoms with Crippen LogP contribution in [0.3, 0.4) is 0 Å². The Morgan fingerprint density at radius 3 is 2.61 bits per heavy atom. The number of carboxylic acid groups (broad SMARTS) is 1. The third-order valence-electron chi connectivity index (χ3n) is 4.18. The molecule has 0 radical (unpaired) electrons. The number of aromatic nitrogens is 3. The van der Waals surface area contributed by atoms with Gasteiger partial charge in [0, 0.05) is 18.7 Å². The van der Waals surface area contributed by atoms with Gasteiger partial charge in [-0.2, -0.15) is 5.10 Å². The Morgan fingerprint density at radius 2 is 1.96 bits per heavy atom. The third kappa shape index (κ3) is 3.39. The highest BCUT2D eigenvalue weighted by molar-refractivity contribution is 5.95. The lowest BCUT2D eigenvalue weighted by Gasteiger charge is -2.30. The summed E-state index contributed by atoms with van der Waals surface area (Å²) in [4.78, 5) is 29.4. The van der Waals surface area contributed by atoms with Crippen LogP contribution in [0, 0.1) is 5.92 Å². The van der Waals surface area contributed by atoms with Gasteiger partial charge in [0.15, 0.2) is 0 Å². The molecule has 0 bridgehead atoms. The molecule has 0 spiro atoms. The molecule has 0 aliphatic carbocycles. The molecule has 1 N–H and O–H groups in total. The van der Waals surface area contributed by atoms with Crippen LogP contribution in [0.5, 0.6) is 0 Å². The molecule has 0 unspecified atom stereocenters. The largest absolute Gasteiger partial charge is 0.481 e. The SMILES string of the molecule is O=C(O)C1CCN(C(=O)c2ccccc2Cn2cncn2)CC1. The zero-order valence-electron chi connectivity index (χ0n) is 12.6. The second-order valence-electron chi connectivity index (χ2n) is 5.65. The van der Waals surface area contributed by atoms with Crippen molar-refractivity contribution in [3.05, 3.63) is 48.0 Å². The maximum absolute atomic E-state index is 12.8. The predicted octanol–water partition coefficient (Wildman–Crippen LogP) is 1.26. The van der Waals surface area contributed by atoms with Gasteiger partial charge in [0.1, 0.15) is 12.7 Å². The predicted molar refractivity (Wildman–Crippen MR) is 81.8 cm³/mol. The van der Waals surface area contributed by atoms with E-state index in [0.717, 1.165) is 5.56 Å². The highest BCUT2D eigenvalue weighted by Gasteiger charge is 2.28. The number of nitrogens with zero attached hydrogens (tertiary/aromatic N) is 4. The van der Waals surface area contributed by atoms with Gasteiger partial charge in [-0.3, -0.25) is 9.59 Å². The first-order chi connectivity index (χ1) is 11.1. The number of piperidine rings is 1. The average molecular weight is 314 g/mol. The quantitative estimate of drug-likeness (QED) is 0.918. The normalized spacial score (nSPS) is 15.6. The van der Waals surface area contributed by atoms with Crippen molar-refractivity contribution >= 4 is 11.9 Å². The van der Waals surface area contributed by atoms with Crippen LogP contribution in [0.25, 0.3) is 0 Å². The molecule has 1 aromatic heterocycles. The first-order valence-corrected chi connectivity index (χ1v) is 7.57. The Kier molecular flexibility index (Phi) is 4.36. The summed E-state index contributed by atoms with van der Waals surface area (Å²) >= 11 is 0. The first-order valence-electron chi connectivity index (χ1n) is 7.57. The van der Waals surface area contributed by atoms with Gasteiger partial charge in [-0.05, 0) is 24.5 Å². The van der Waals surface area contributed by atoms with Crippen molar-refractivity contribution in [3.8, 4) is 0 Å². The first kappa shape index (κ1) is 15.2. The van der Waals surface area contributed by atoms with Crippen molar-refractivity contribution < 1.29 is 14.7 Å². The van der Waals surface area contributed by atoms with E-state index in [-0.39, 0.29) is 11.8 Å². The summed E-state index contributed by atoms with van der Waals surface area (Å²) in [6.45, 7) is 1.44. The van der Waals surface area contributed by atoms with E-state index >= 15 is 0 Å². The third-order valence-corrected chi connectivity index (χ3v) is 4.18. The van der Waals surface area contributed by atoms with Crippen molar-refractivity contribution in [1.82, 2.24) is 19.7 Å². The van der Waals surface area contributed by atoms with Gasteiger partial charge in [0.05, 0.1) is 12.5 Å². The van der Waals surface area contributed by atoms with Gasteiger partial charge in [-0.25, -0.2) is 9.67 Å². The molecule has 120 valence electrons. The number of benzene rings is 1. The highest BCUT2D eigenvalue weighted by atomic mass is 16.4. The van der Waals surface area contributed by atoms with Crippen LogP contribution in [-0.2, 0) is 11.3 Å². The molecule has 1 aromatic carbocycles. The van der Waals surface area contributed by atoms with Crippen LogP contribution >= 0.6 is 0 Å². The molecule has 7 heteroatoms. The molecule has 2 heterocycles. The van der Waals surface area contributed by atoms with Crippen LogP contribution in [0.2, 0.25) is 0 Å². The fourth-order valence-electron chi connectivity index (χ4n) is 2.86. The average Bonchev–Trinajstić information content (AvgIpc) is 3.08. The van der Waals surface area contributed by atoms with Gasteiger partial charge in [0.25, 0.3) is 5.91 Å². The van der Waals surface area contributed by atoms with E-state index in [1.807, 2.05) is 18.2 Å². The van der Waals surface area contributed by atoms with Crippen molar-refractivity contribution in [2.24, 2.45) is 5.92 Å². The molecule has 3 rings (SSSR count). The fourth-order valence-corrected chi connectivity index (χ4v) is 2.86. The molecule has 1 fully saturated rings. The molecule has 0 atom stereocenters. The monoisotopic (exact) mass is 314 g/mol. The minimum Gasteiger partial charge on any atom is -0.481 e. The zero-order valence-corrected chi connectivity index (χ0v) is 12.6. The summed E-state index contributed by atoms with van der Waals surface area (Å²) in [5, 5.41) is 13.1. The summed E-state index contributed by atoms with van der Waals surface area (Å²) in [6.07, 6.45) is 4.08. The van der Waals surface area contributed by atoms with Crippen LogP contribution in [0.15, 0.2) is 36.9 Å². The van der Waals surface area contributed by atoms with Crippen molar-refractivity contribution in [3.63, 3.8) is 0 Å². The lowest BCUT2D eigenvalue weighted by atomic mass is 9.96. The molecule has 1 aliphatic heterocycles. The lowest BCUT2D eigenvalue weighted by Crippen LogP contribution is -2.40. The number of amides is 1. The van der Waals surface area contributed by atoms with Gasteiger partial charge >= 0.3 is 5.97 Å². The van der Waals surface area contributed by atoms with E-state index in [0.29, 0.717) is 38.0 Å². The maximum Gasteiger partial charge on any atom is 0.306 e. The molecular weight excluding hydrogens is 296 g/mol. The number of rotatable bonds is 4. The highest BCUT2D eigenvalue weighted by Crippen LogP contribution is 2.21. The van der Waals surface area contributed by atoms with Gasteiger partial charge < -0.3 is 10.0 Å².